The van der Waals surface area contributed by atoms with Crippen molar-refractivity contribution >= 4 is 5.91 Å². The van der Waals surface area contributed by atoms with Crippen LogP contribution in [0.25, 0.3) is 5.69 Å². The smallest absolute Gasteiger partial charge is 0.242 e. The Kier molecular flexibility index (Phi) is 6.36. The minimum Gasteiger partial charge on any atom is -0.497 e. The Morgan fingerprint density at radius 1 is 1.23 bits per heavy atom. The van der Waals surface area contributed by atoms with Gasteiger partial charge in [-0.25, -0.2) is 4.68 Å². The van der Waals surface area contributed by atoms with Crippen LogP contribution in [-0.2, 0) is 16.1 Å². The SMILES string of the molecule is COc1cccc(-n2cc(CNC(=O)C(c3cccnc3)N3CCOCC3)cn2)c1. The van der Waals surface area contributed by atoms with Gasteiger partial charge in [0.15, 0.2) is 0 Å². The molecular weight excluding hydrogens is 382 g/mol. The highest BCUT2D eigenvalue weighted by Gasteiger charge is 2.29. The number of nitrogens with one attached hydrogen (secondary N) is 1. The van der Waals surface area contributed by atoms with Gasteiger partial charge in [-0.2, -0.15) is 5.10 Å². The molecule has 4 rings (SSSR count). The molecule has 1 aliphatic rings. The van der Waals surface area contributed by atoms with Crippen LogP contribution in [0.4, 0.5) is 0 Å². The number of nitrogens with zero attached hydrogens (tertiary/aromatic N) is 4. The van der Waals surface area contributed by atoms with E-state index in [1.54, 1.807) is 30.4 Å². The Labute approximate surface area is 175 Å². The molecule has 1 aromatic carbocycles. The zero-order valence-corrected chi connectivity index (χ0v) is 16.9. The highest BCUT2D eigenvalue weighted by molar-refractivity contribution is 5.83. The van der Waals surface area contributed by atoms with Crippen LogP contribution in [0.2, 0.25) is 0 Å². The molecule has 0 radical (unpaired) electrons. The van der Waals surface area contributed by atoms with E-state index in [1.165, 1.54) is 0 Å². The Hall–Kier alpha value is -3.23. The summed E-state index contributed by atoms with van der Waals surface area (Å²) in [5.41, 5.74) is 2.69. The summed E-state index contributed by atoms with van der Waals surface area (Å²) < 4.78 is 12.5. The van der Waals surface area contributed by atoms with Crippen molar-refractivity contribution < 1.29 is 14.3 Å². The molecule has 1 amide bonds. The monoisotopic (exact) mass is 407 g/mol. The molecule has 3 aromatic rings. The van der Waals surface area contributed by atoms with Crippen LogP contribution in [0.15, 0.2) is 61.2 Å². The first kappa shape index (κ1) is 20.1. The van der Waals surface area contributed by atoms with E-state index in [2.05, 4.69) is 20.3 Å². The van der Waals surface area contributed by atoms with Crippen LogP contribution < -0.4 is 10.1 Å². The van der Waals surface area contributed by atoms with Crippen LogP contribution in [0, 0.1) is 0 Å². The van der Waals surface area contributed by atoms with Crippen LogP contribution in [0.3, 0.4) is 0 Å². The lowest BCUT2D eigenvalue weighted by Crippen LogP contribution is -2.45. The van der Waals surface area contributed by atoms with E-state index in [0.29, 0.717) is 32.8 Å². The van der Waals surface area contributed by atoms with Gasteiger partial charge in [0, 0.05) is 49.9 Å². The first-order valence-corrected chi connectivity index (χ1v) is 9.92. The van der Waals surface area contributed by atoms with E-state index < -0.39 is 6.04 Å². The molecule has 0 aliphatic carbocycles. The molecule has 1 aliphatic heterocycles. The quantitative estimate of drug-likeness (QED) is 0.645. The van der Waals surface area contributed by atoms with Crippen LogP contribution in [0.1, 0.15) is 17.2 Å². The molecule has 0 bridgehead atoms. The predicted molar refractivity (Wildman–Crippen MR) is 111 cm³/mol. The number of hydrogen-bond acceptors (Lipinski definition) is 6. The summed E-state index contributed by atoms with van der Waals surface area (Å²) in [5, 5.41) is 7.46. The fraction of sp³-hybridized carbons (Fsp3) is 0.318. The van der Waals surface area contributed by atoms with Crippen LogP contribution >= 0.6 is 0 Å². The van der Waals surface area contributed by atoms with Gasteiger partial charge < -0.3 is 14.8 Å². The van der Waals surface area contributed by atoms with Crippen molar-refractivity contribution in [3.05, 3.63) is 72.3 Å². The number of carbonyl (C=O) groups excluding carboxylic acids is 1. The number of pyridine rings is 1. The molecule has 30 heavy (non-hydrogen) atoms. The van der Waals surface area contributed by atoms with Gasteiger partial charge in [-0.05, 0) is 23.8 Å². The van der Waals surface area contributed by atoms with Gasteiger partial charge in [0.2, 0.25) is 5.91 Å². The summed E-state index contributed by atoms with van der Waals surface area (Å²) in [4.78, 5) is 19.4. The zero-order valence-electron chi connectivity index (χ0n) is 16.9. The number of hydrogen-bond donors (Lipinski definition) is 1. The fourth-order valence-corrected chi connectivity index (χ4v) is 3.53. The van der Waals surface area contributed by atoms with Crippen LogP contribution in [-0.4, -0.2) is 59.0 Å². The van der Waals surface area contributed by atoms with Crippen LogP contribution in [0.5, 0.6) is 5.75 Å². The highest BCUT2D eigenvalue weighted by atomic mass is 16.5. The lowest BCUT2D eigenvalue weighted by Gasteiger charge is -2.33. The van der Waals surface area contributed by atoms with E-state index >= 15 is 0 Å². The minimum absolute atomic E-state index is 0.0565. The predicted octanol–water partition coefficient (Wildman–Crippen LogP) is 1.97. The number of morpholine rings is 1. The number of amides is 1. The molecule has 8 heteroatoms. The molecule has 1 atom stereocenters. The zero-order chi connectivity index (χ0) is 20.8. The molecule has 2 aromatic heterocycles. The van der Waals surface area contributed by atoms with Crippen molar-refractivity contribution in [3.63, 3.8) is 0 Å². The Balaban J connectivity index is 1.45. The van der Waals surface area contributed by atoms with Gasteiger partial charge in [0.1, 0.15) is 11.8 Å². The van der Waals surface area contributed by atoms with Crippen molar-refractivity contribution in [2.45, 2.75) is 12.6 Å². The third-order valence-corrected chi connectivity index (χ3v) is 5.08. The maximum atomic E-state index is 13.1. The first-order chi connectivity index (χ1) is 14.7. The number of rotatable bonds is 7. The average Bonchev–Trinajstić information content (AvgIpc) is 3.29. The number of methoxy groups -OCH3 is 1. The summed E-state index contributed by atoms with van der Waals surface area (Å²) in [6, 6.07) is 11.1. The van der Waals surface area contributed by atoms with Crippen molar-refractivity contribution in [1.29, 1.82) is 0 Å². The van der Waals surface area contributed by atoms with Crippen molar-refractivity contribution in [2.24, 2.45) is 0 Å². The van der Waals surface area contributed by atoms with E-state index in [-0.39, 0.29) is 5.91 Å². The van der Waals surface area contributed by atoms with Gasteiger partial charge >= 0.3 is 0 Å². The second-order valence-electron chi connectivity index (χ2n) is 7.05. The summed E-state index contributed by atoms with van der Waals surface area (Å²) in [5.74, 6) is 0.710. The summed E-state index contributed by atoms with van der Waals surface area (Å²) in [7, 11) is 1.64. The molecule has 0 saturated carbocycles. The number of aromatic nitrogens is 3. The molecule has 3 heterocycles. The maximum absolute atomic E-state index is 13.1. The Bertz CT molecular complexity index is 970. The Morgan fingerprint density at radius 3 is 2.87 bits per heavy atom. The molecule has 1 saturated heterocycles. The molecule has 156 valence electrons. The summed E-state index contributed by atoms with van der Waals surface area (Å²) in [6.07, 6.45) is 7.13. The lowest BCUT2D eigenvalue weighted by atomic mass is 10.1. The van der Waals surface area contributed by atoms with Crippen molar-refractivity contribution in [2.75, 3.05) is 33.4 Å². The van der Waals surface area contributed by atoms with E-state index in [1.807, 2.05) is 42.6 Å². The van der Waals surface area contributed by atoms with E-state index in [4.69, 9.17) is 9.47 Å². The van der Waals surface area contributed by atoms with Gasteiger partial charge in [-0.3, -0.25) is 14.7 Å². The van der Waals surface area contributed by atoms with Gasteiger partial charge in [0.05, 0.1) is 32.2 Å². The van der Waals surface area contributed by atoms with E-state index in [9.17, 15) is 4.79 Å². The number of carbonyl (C=O) groups is 1. The second kappa shape index (κ2) is 9.51. The molecular formula is C22H25N5O3. The Morgan fingerprint density at radius 2 is 2.10 bits per heavy atom. The van der Waals surface area contributed by atoms with Gasteiger partial charge in [0.25, 0.3) is 0 Å². The van der Waals surface area contributed by atoms with Gasteiger partial charge in [-0.15, -0.1) is 0 Å². The van der Waals surface area contributed by atoms with E-state index in [0.717, 1.165) is 22.6 Å². The maximum Gasteiger partial charge on any atom is 0.242 e. The third-order valence-electron chi connectivity index (χ3n) is 5.08. The third kappa shape index (κ3) is 4.67. The molecule has 8 nitrogen and oxygen atoms in total. The topological polar surface area (TPSA) is 81.5 Å². The standard InChI is InChI=1S/C22H25N5O3/c1-29-20-6-2-5-19(12-20)27-16-17(14-25-27)13-24-22(28)21(18-4-3-7-23-15-18)26-8-10-30-11-9-26/h2-7,12,14-16,21H,8-11,13H2,1H3,(H,24,28). The summed E-state index contributed by atoms with van der Waals surface area (Å²) in [6.45, 7) is 3.06. The summed E-state index contributed by atoms with van der Waals surface area (Å²) >= 11 is 0. The second-order valence-corrected chi connectivity index (χ2v) is 7.05. The molecule has 1 unspecified atom stereocenters. The average molecular weight is 407 g/mol. The minimum atomic E-state index is -0.393. The number of ether oxygens (including phenoxy) is 2. The molecule has 1 fully saturated rings. The normalized spacial score (nSPS) is 15.5. The molecule has 1 N–H and O–H groups in total. The number of benzene rings is 1. The fourth-order valence-electron chi connectivity index (χ4n) is 3.53. The van der Waals surface area contributed by atoms with Crippen molar-refractivity contribution in [1.82, 2.24) is 25.0 Å². The van der Waals surface area contributed by atoms with Gasteiger partial charge in [-0.1, -0.05) is 12.1 Å². The first-order valence-electron chi connectivity index (χ1n) is 9.92. The molecule has 0 spiro atoms. The lowest BCUT2D eigenvalue weighted by molar-refractivity contribution is -0.128. The largest absolute Gasteiger partial charge is 0.497 e. The van der Waals surface area contributed by atoms with Crippen molar-refractivity contribution in [3.8, 4) is 11.4 Å². The highest BCUT2D eigenvalue weighted by Crippen LogP contribution is 2.22.